The maximum Gasteiger partial charge on any atom is 0.183 e. The molecule has 0 spiro atoms. The van der Waals surface area contributed by atoms with E-state index in [4.69, 9.17) is 14.7 Å². The fourth-order valence-corrected chi connectivity index (χ4v) is 4.10. The van der Waals surface area contributed by atoms with Crippen LogP contribution >= 0.6 is 0 Å². The number of pyridine rings is 1. The number of ether oxygens (including phenoxy) is 1. The van der Waals surface area contributed by atoms with Crippen molar-refractivity contribution in [2.75, 3.05) is 32.8 Å². The Kier molecular flexibility index (Phi) is 4.73. The molecule has 0 amide bonds. The Morgan fingerprint density at radius 2 is 1.97 bits per heavy atom. The smallest absolute Gasteiger partial charge is 0.183 e. The third-order valence-corrected chi connectivity index (χ3v) is 5.83. The predicted molar refractivity (Wildman–Crippen MR) is 111 cm³/mol. The molecule has 0 aliphatic carbocycles. The van der Waals surface area contributed by atoms with Gasteiger partial charge in [-0.3, -0.25) is 9.88 Å². The minimum absolute atomic E-state index is 0.671. The lowest BCUT2D eigenvalue weighted by molar-refractivity contribution is 0.0369. The molecule has 150 valence electrons. The largest absolute Gasteiger partial charge is 0.379 e. The molecule has 0 N–H and O–H groups in total. The molecule has 8 heteroatoms. The summed E-state index contributed by atoms with van der Waals surface area (Å²) in [5.74, 6) is 0.671. The maximum atomic E-state index is 5.44. The molecular weight excluding hydrogens is 366 g/mol. The first-order valence-electron chi connectivity index (χ1n) is 10.1. The van der Waals surface area contributed by atoms with Crippen molar-refractivity contribution in [3.05, 3.63) is 42.1 Å². The van der Waals surface area contributed by atoms with E-state index in [0.717, 1.165) is 68.1 Å². The third-order valence-electron chi connectivity index (χ3n) is 5.83. The van der Waals surface area contributed by atoms with Crippen LogP contribution in [0.5, 0.6) is 0 Å². The Morgan fingerprint density at radius 1 is 1.10 bits per heavy atom. The number of hydrogen-bond acceptors (Lipinski definition) is 6. The van der Waals surface area contributed by atoms with E-state index in [0.29, 0.717) is 5.82 Å². The molecule has 8 nitrogen and oxygen atoms in total. The number of fused-ring (bicyclic) bond motifs is 3. The molecule has 0 aromatic carbocycles. The second-order valence-electron chi connectivity index (χ2n) is 7.56. The van der Waals surface area contributed by atoms with Crippen molar-refractivity contribution in [3.8, 4) is 11.4 Å². The lowest BCUT2D eigenvalue weighted by atomic mass is 10.2. The van der Waals surface area contributed by atoms with E-state index in [2.05, 4.69) is 33.4 Å². The summed E-state index contributed by atoms with van der Waals surface area (Å²) in [6, 6.07) is 3.87. The molecule has 0 bridgehead atoms. The second-order valence-corrected chi connectivity index (χ2v) is 7.56. The van der Waals surface area contributed by atoms with Gasteiger partial charge >= 0.3 is 0 Å². The Bertz CT molecular complexity index is 1140. The molecule has 1 aliphatic rings. The summed E-state index contributed by atoms with van der Waals surface area (Å²) in [7, 11) is 0. The van der Waals surface area contributed by atoms with Gasteiger partial charge in [0.15, 0.2) is 11.5 Å². The number of aromatic nitrogens is 6. The lowest BCUT2D eigenvalue weighted by Gasteiger charge is -2.26. The molecule has 29 heavy (non-hydrogen) atoms. The summed E-state index contributed by atoms with van der Waals surface area (Å²) in [6.45, 7) is 10.1. The van der Waals surface area contributed by atoms with Gasteiger partial charge in [-0.15, -0.1) is 5.10 Å². The lowest BCUT2D eigenvalue weighted by Crippen LogP contribution is -2.37. The molecule has 0 radical (unpaired) electrons. The number of hydrogen-bond donors (Lipinski definition) is 0. The average Bonchev–Trinajstić information content (AvgIpc) is 3.30. The monoisotopic (exact) mass is 391 g/mol. The zero-order valence-electron chi connectivity index (χ0n) is 16.9. The summed E-state index contributed by atoms with van der Waals surface area (Å²) >= 11 is 0. The fraction of sp³-hybridized carbons (Fsp3) is 0.429. The van der Waals surface area contributed by atoms with Crippen LogP contribution in [-0.2, 0) is 11.3 Å². The third kappa shape index (κ3) is 3.28. The molecule has 0 atom stereocenters. The van der Waals surface area contributed by atoms with Crippen LogP contribution in [0.4, 0.5) is 0 Å². The Hall–Kier alpha value is -2.84. The van der Waals surface area contributed by atoms with Crippen LogP contribution in [0.15, 0.2) is 30.9 Å². The standard InChI is InChI=1S/C21H25N7O/c1-15-16(2)27(8-4-7-26-9-11-29-12-10-26)20-18(15)21-24-19(25-28(21)14-23-20)17-5-3-6-22-13-17/h3,5-6,13-14H,4,7-12H2,1-2H3. The van der Waals surface area contributed by atoms with Gasteiger partial charge in [0.05, 0.1) is 18.6 Å². The number of nitrogens with zero attached hydrogens (tertiary/aromatic N) is 7. The van der Waals surface area contributed by atoms with Crippen molar-refractivity contribution in [2.24, 2.45) is 0 Å². The van der Waals surface area contributed by atoms with Gasteiger partial charge in [-0.1, -0.05) is 0 Å². The molecule has 1 fully saturated rings. The molecule has 5 rings (SSSR count). The van der Waals surface area contributed by atoms with Crippen molar-refractivity contribution in [1.82, 2.24) is 34.0 Å². The van der Waals surface area contributed by atoms with Crippen LogP contribution < -0.4 is 0 Å². The zero-order valence-corrected chi connectivity index (χ0v) is 16.9. The second kappa shape index (κ2) is 7.53. The topological polar surface area (TPSA) is 73.4 Å². The van der Waals surface area contributed by atoms with Crippen molar-refractivity contribution in [1.29, 1.82) is 0 Å². The van der Waals surface area contributed by atoms with Gasteiger partial charge in [-0.2, -0.15) is 0 Å². The highest BCUT2D eigenvalue weighted by Crippen LogP contribution is 2.28. The molecule has 4 aromatic rings. The molecule has 0 unspecified atom stereocenters. The summed E-state index contributed by atoms with van der Waals surface area (Å²) in [5, 5.41) is 5.69. The Morgan fingerprint density at radius 3 is 2.76 bits per heavy atom. The zero-order chi connectivity index (χ0) is 19.8. The minimum Gasteiger partial charge on any atom is -0.379 e. The van der Waals surface area contributed by atoms with E-state index < -0.39 is 0 Å². The van der Waals surface area contributed by atoms with E-state index >= 15 is 0 Å². The van der Waals surface area contributed by atoms with Gasteiger partial charge in [0.25, 0.3) is 0 Å². The average molecular weight is 391 g/mol. The first kappa shape index (κ1) is 18.2. The van der Waals surface area contributed by atoms with Gasteiger partial charge < -0.3 is 9.30 Å². The maximum absolute atomic E-state index is 5.44. The summed E-state index contributed by atoms with van der Waals surface area (Å²) < 4.78 is 9.54. The first-order chi connectivity index (χ1) is 14.2. The molecule has 0 saturated carbocycles. The van der Waals surface area contributed by atoms with Crippen molar-refractivity contribution in [2.45, 2.75) is 26.8 Å². The molecule has 1 aliphatic heterocycles. The van der Waals surface area contributed by atoms with Crippen molar-refractivity contribution < 1.29 is 4.74 Å². The normalized spacial score (nSPS) is 15.5. The van der Waals surface area contributed by atoms with E-state index in [1.54, 1.807) is 23.2 Å². The van der Waals surface area contributed by atoms with Gasteiger partial charge in [-0.05, 0) is 38.0 Å². The molecule has 1 saturated heterocycles. The fourth-order valence-electron chi connectivity index (χ4n) is 4.10. The van der Waals surface area contributed by atoms with Gasteiger partial charge in [0, 0.05) is 49.8 Å². The van der Waals surface area contributed by atoms with Crippen molar-refractivity contribution >= 4 is 16.7 Å². The van der Waals surface area contributed by atoms with E-state index in [1.165, 1.54) is 11.3 Å². The quantitative estimate of drug-likeness (QED) is 0.520. The van der Waals surface area contributed by atoms with Crippen LogP contribution in [0.1, 0.15) is 17.7 Å². The minimum atomic E-state index is 0.671. The highest BCUT2D eigenvalue weighted by molar-refractivity contribution is 5.94. The van der Waals surface area contributed by atoms with Crippen molar-refractivity contribution in [3.63, 3.8) is 0 Å². The van der Waals surface area contributed by atoms with Crippen LogP contribution in [-0.4, -0.2) is 66.9 Å². The number of rotatable bonds is 5. The Balaban J connectivity index is 1.48. The van der Waals surface area contributed by atoms with E-state index in [-0.39, 0.29) is 0 Å². The first-order valence-corrected chi connectivity index (χ1v) is 10.1. The summed E-state index contributed by atoms with van der Waals surface area (Å²) in [6.07, 6.45) is 6.39. The highest BCUT2D eigenvalue weighted by Gasteiger charge is 2.18. The molecule has 4 aromatic heterocycles. The van der Waals surface area contributed by atoms with Crippen LogP contribution in [0.25, 0.3) is 28.1 Å². The van der Waals surface area contributed by atoms with Crippen LogP contribution in [0.2, 0.25) is 0 Å². The Labute approximate surface area is 169 Å². The van der Waals surface area contributed by atoms with E-state index in [9.17, 15) is 0 Å². The van der Waals surface area contributed by atoms with Gasteiger partial charge in [0.1, 0.15) is 12.0 Å². The van der Waals surface area contributed by atoms with Crippen LogP contribution in [0.3, 0.4) is 0 Å². The van der Waals surface area contributed by atoms with Crippen LogP contribution in [0, 0.1) is 13.8 Å². The molecular formula is C21H25N7O. The number of aryl methyl sites for hydroxylation is 2. The number of morpholine rings is 1. The summed E-state index contributed by atoms with van der Waals surface area (Å²) in [4.78, 5) is 16.2. The summed E-state index contributed by atoms with van der Waals surface area (Å²) in [5.41, 5.74) is 5.20. The highest BCUT2D eigenvalue weighted by atomic mass is 16.5. The van der Waals surface area contributed by atoms with Gasteiger partial charge in [0.2, 0.25) is 0 Å². The van der Waals surface area contributed by atoms with E-state index in [1.807, 2.05) is 12.1 Å². The van der Waals surface area contributed by atoms with Gasteiger partial charge in [-0.25, -0.2) is 14.5 Å². The SMILES string of the molecule is Cc1c(C)n(CCCN2CCOCC2)c2ncn3nc(-c4cccnc4)nc3c12. The molecule has 5 heterocycles. The predicted octanol–water partition coefficient (Wildman–Crippen LogP) is 2.48.